The molecule has 1 rings (SSSR count). The SMILES string of the molecule is CCCc1cc(Cl)ccc1OCC(=O)OC. The van der Waals surface area contributed by atoms with Crippen molar-refractivity contribution >= 4 is 17.6 Å². The predicted molar refractivity (Wildman–Crippen MR) is 63.0 cm³/mol. The second kappa shape index (κ2) is 6.38. The van der Waals surface area contributed by atoms with E-state index in [0.29, 0.717) is 10.8 Å². The van der Waals surface area contributed by atoms with Crippen molar-refractivity contribution in [2.75, 3.05) is 13.7 Å². The zero-order valence-electron chi connectivity index (χ0n) is 9.46. The number of carbonyl (C=O) groups excluding carboxylic acids is 1. The van der Waals surface area contributed by atoms with E-state index in [9.17, 15) is 4.79 Å². The van der Waals surface area contributed by atoms with Gasteiger partial charge in [0.25, 0.3) is 0 Å². The minimum absolute atomic E-state index is 0.0746. The van der Waals surface area contributed by atoms with Crippen LogP contribution >= 0.6 is 11.6 Å². The van der Waals surface area contributed by atoms with Gasteiger partial charge < -0.3 is 9.47 Å². The van der Waals surface area contributed by atoms with Crippen LogP contribution in [0.3, 0.4) is 0 Å². The standard InChI is InChI=1S/C12H15ClO3/c1-3-4-9-7-10(13)5-6-11(9)16-8-12(14)15-2/h5-7H,3-4,8H2,1-2H3. The molecule has 1 aromatic carbocycles. The Labute approximate surface area is 100 Å². The van der Waals surface area contributed by atoms with Gasteiger partial charge in [-0.25, -0.2) is 4.79 Å². The molecule has 0 amide bonds. The van der Waals surface area contributed by atoms with Crippen molar-refractivity contribution in [2.45, 2.75) is 19.8 Å². The van der Waals surface area contributed by atoms with E-state index in [1.807, 2.05) is 6.07 Å². The van der Waals surface area contributed by atoms with Crippen molar-refractivity contribution in [2.24, 2.45) is 0 Å². The Kier molecular flexibility index (Phi) is 5.12. The third-order valence-corrected chi connectivity index (χ3v) is 2.35. The van der Waals surface area contributed by atoms with Crippen molar-refractivity contribution in [1.82, 2.24) is 0 Å². The normalized spacial score (nSPS) is 9.94. The van der Waals surface area contributed by atoms with Gasteiger partial charge in [0.2, 0.25) is 0 Å². The van der Waals surface area contributed by atoms with Gasteiger partial charge >= 0.3 is 5.97 Å². The van der Waals surface area contributed by atoms with Crippen LogP contribution in [0.25, 0.3) is 0 Å². The molecule has 0 bridgehead atoms. The third-order valence-electron chi connectivity index (χ3n) is 2.12. The number of hydrogen-bond acceptors (Lipinski definition) is 3. The maximum Gasteiger partial charge on any atom is 0.343 e. The molecule has 0 fully saturated rings. The lowest BCUT2D eigenvalue weighted by atomic mass is 10.1. The van der Waals surface area contributed by atoms with Gasteiger partial charge in [0, 0.05) is 5.02 Å². The number of hydrogen-bond donors (Lipinski definition) is 0. The minimum atomic E-state index is -0.391. The predicted octanol–water partition coefficient (Wildman–Crippen LogP) is 2.84. The number of ether oxygens (including phenoxy) is 2. The van der Waals surface area contributed by atoms with Crippen LogP contribution in [0, 0.1) is 0 Å². The Morgan fingerprint density at radius 2 is 2.19 bits per heavy atom. The van der Waals surface area contributed by atoms with E-state index in [1.165, 1.54) is 7.11 Å². The van der Waals surface area contributed by atoms with E-state index in [0.717, 1.165) is 18.4 Å². The quantitative estimate of drug-likeness (QED) is 0.745. The van der Waals surface area contributed by atoms with Crippen LogP contribution in [0.15, 0.2) is 18.2 Å². The van der Waals surface area contributed by atoms with E-state index < -0.39 is 5.97 Å². The first-order valence-corrected chi connectivity index (χ1v) is 5.53. The molecular weight excluding hydrogens is 228 g/mol. The van der Waals surface area contributed by atoms with Crippen molar-refractivity contribution in [1.29, 1.82) is 0 Å². The molecule has 0 saturated heterocycles. The average molecular weight is 243 g/mol. The first-order valence-electron chi connectivity index (χ1n) is 5.15. The van der Waals surface area contributed by atoms with E-state index >= 15 is 0 Å². The van der Waals surface area contributed by atoms with Gasteiger partial charge in [0.05, 0.1) is 7.11 Å². The number of methoxy groups -OCH3 is 1. The topological polar surface area (TPSA) is 35.5 Å². The molecule has 0 unspecified atom stereocenters. The zero-order valence-corrected chi connectivity index (χ0v) is 10.2. The van der Waals surface area contributed by atoms with E-state index in [-0.39, 0.29) is 6.61 Å². The van der Waals surface area contributed by atoms with Crippen LogP contribution < -0.4 is 4.74 Å². The highest BCUT2D eigenvalue weighted by Crippen LogP contribution is 2.24. The van der Waals surface area contributed by atoms with Crippen LogP contribution in [0.2, 0.25) is 5.02 Å². The molecule has 0 heterocycles. The lowest BCUT2D eigenvalue weighted by Gasteiger charge is -2.10. The molecule has 0 atom stereocenters. The van der Waals surface area contributed by atoms with E-state index in [2.05, 4.69) is 11.7 Å². The summed E-state index contributed by atoms with van der Waals surface area (Å²) in [6, 6.07) is 5.38. The highest BCUT2D eigenvalue weighted by molar-refractivity contribution is 6.30. The minimum Gasteiger partial charge on any atom is -0.482 e. The average Bonchev–Trinajstić information content (AvgIpc) is 2.28. The lowest BCUT2D eigenvalue weighted by molar-refractivity contribution is -0.142. The number of carbonyl (C=O) groups is 1. The summed E-state index contributed by atoms with van der Waals surface area (Å²) in [6.07, 6.45) is 1.87. The van der Waals surface area contributed by atoms with Crippen molar-refractivity contribution in [3.63, 3.8) is 0 Å². The molecule has 4 heteroatoms. The van der Waals surface area contributed by atoms with Crippen molar-refractivity contribution in [3.05, 3.63) is 28.8 Å². The molecule has 0 spiro atoms. The molecule has 0 N–H and O–H groups in total. The van der Waals surface area contributed by atoms with Gasteiger partial charge in [-0.2, -0.15) is 0 Å². The van der Waals surface area contributed by atoms with Crippen LogP contribution in [0.4, 0.5) is 0 Å². The third kappa shape index (κ3) is 3.74. The Morgan fingerprint density at radius 3 is 2.81 bits per heavy atom. The van der Waals surface area contributed by atoms with Crippen LogP contribution in [-0.4, -0.2) is 19.7 Å². The molecule has 0 aromatic heterocycles. The molecule has 0 aliphatic carbocycles. The van der Waals surface area contributed by atoms with E-state index in [1.54, 1.807) is 12.1 Å². The number of aryl methyl sites for hydroxylation is 1. The maximum absolute atomic E-state index is 10.9. The van der Waals surface area contributed by atoms with Crippen molar-refractivity contribution in [3.8, 4) is 5.75 Å². The molecule has 0 saturated carbocycles. The summed E-state index contributed by atoms with van der Waals surface area (Å²) in [5, 5.41) is 0.675. The molecule has 16 heavy (non-hydrogen) atoms. The first kappa shape index (κ1) is 12.8. The van der Waals surface area contributed by atoms with Gasteiger partial charge in [-0.3, -0.25) is 0 Å². The summed E-state index contributed by atoms with van der Waals surface area (Å²) >= 11 is 5.90. The fraction of sp³-hybridized carbons (Fsp3) is 0.417. The number of esters is 1. The van der Waals surface area contributed by atoms with Crippen molar-refractivity contribution < 1.29 is 14.3 Å². The highest BCUT2D eigenvalue weighted by atomic mass is 35.5. The smallest absolute Gasteiger partial charge is 0.343 e. The first-order chi connectivity index (χ1) is 7.67. The maximum atomic E-state index is 10.9. The van der Waals surface area contributed by atoms with Gasteiger partial charge in [-0.05, 0) is 30.2 Å². The Balaban J connectivity index is 2.73. The summed E-state index contributed by atoms with van der Waals surface area (Å²) < 4.78 is 9.87. The fourth-order valence-electron chi connectivity index (χ4n) is 1.35. The second-order valence-electron chi connectivity index (χ2n) is 3.37. The van der Waals surface area contributed by atoms with Gasteiger partial charge in [0.15, 0.2) is 6.61 Å². The lowest BCUT2D eigenvalue weighted by Crippen LogP contribution is -2.13. The summed E-state index contributed by atoms with van der Waals surface area (Å²) in [6.45, 7) is 2.00. The summed E-state index contributed by atoms with van der Waals surface area (Å²) in [5.41, 5.74) is 1.01. The molecule has 0 aliphatic rings. The monoisotopic (exact) mass is 242 g/mol. The van der Waals surface area contributed by atoms with Gasteiger partial charge in [-0.15, -0.1) is 0 Å². The number of rotatable bonds is 5. The molecular formula is C12H15ClO3. The van der Waals surface area contributed by atoms with Gasteiger partial charge in [0.1, 0.15) is 5.75 Å². The Bertz CT molecular complexity index is 363. The second-order valence-corrected chi connectivity index (χ2v) is 3.80. The van der Waals surface area contributed by atoms with E-state index in [4.69, 9.17) is 16.3 Å². The van der Waals surface area contributed by atoms with Crippen LogP contribution in [-0.2, 0) is 16.0 Å². The highest BCUT2D eigenvalue weighted by Gasteiger charge is 2.07. The largest absolute Gasteiger partial charge is 0.482 e. The fourth-order valence-corrected chi connectivity index (χ4v) is 1.54. The van der Waals surface area contributed by atoms with Gasteiger partial charge in [-0.1, -0.05) is 24.9 Å². The summed E-state index contributed by atoms with van der Waals surface area (Å²) in [4.78, 5) is 10.9. The summed E-state index contributed by atoms with van der Waals surface area (Å²) in [5.74, 6) is 0.300. The Morgan fingerprint density at radius 1 is 1.44 bits per heavy atom. The molecule has 3 nitrogen and oxygen atoms in total. The number of benzene rings is 1. The number of halogens is 1. The summed E-state index contributed by atoms with van der Waals surface area (Å²) in [7, 11) is 1.33. The van der Waals surface area contributed by atoms with Crippen LogP contribution in [0.1, 0.15) is 18.9 Å². The molecule has 0 aliphatic heterocycles. The molecule has 0 radical (unpaired) electrons. The zero-order chi connectivity index (χ0) is 12.0. The molecule has 1 aromatic rings. The molecule has 88 valence electrons. The Hall–Kier alpha value is -1.22. The van der Waals surface area contributed by atoms with Crippen LogP contribution in [0.5, 0.6) is 5.75 Å².